The van der Waals surface area contributed by atoms with Crippen molar-refractivity contribution >= 4 is 22.8 Å². The fourth-order valence-corrected chi connectivity index (χ4v) is 2.24. The molecule has 1 unspecified atom stereocenters. The van der Waals surface area contributed by atoms with Gasteiger partial charge in [0, 0.05) is 29.1 Å². The molecule has 2 N–H and O–H groups in total. The summed E-state index contributed by atoms with van der Waals surface area (Å²) in [6.07, 6.45) is 0. The van der Waals surface area contributed by atoms with E-state index >= 15 is 0 Å². The largest absolute Gasteiger partial charge is 0.467 e. The number of amides is 1. The highest BCUT2D eigenvalue weighted by molar-refractivity contribution is 5.93. The monoisotopic (exact) mass is 260 g/mol. The number of methoxy groups -OCH3 is 1. The highest BCUT2D eigenvalue weighted by Crippen LogP contribution is 2.28. The number of rotatable bonds is 3. The van der Waals surface area contributed by atoms with Gasteiger partial charge in [0.1, 0.15) is 0 Å². The van der Waals surface area contributed by atoms with E-state index in [4.69, 9.17) is 4.74 Å². The number of para-hydroxylation sites is 1. The lowest BCUT2D eigenvalue weighted by Gasteiger charge is -2.16. The first-order chi connectivity index (χ1) is 9.04. The van der Waals surface area contributed by atoms with E-state index in [9.17, 15) is 9.59 Å². The fraction of sp³-hybridized carbons (Fsp3) is 0.286. The van der Waals surface area contributed by atoms with Crippen molar-refractivity contribution in [1.82, 2.24) is 10.3 Å². The number of carbonyl (C=O) groups excluding carboxylic acids is 2. The lowest BCUT2D eigenvalue weighted by molar-refractivity contribution is -0.145. The maximum absolute atomic E-state index is 11.9. The molecule has 1 aromatic carbocycles. The lowest BCUT2D eigenvalue weighted by atomic mass is 10.0. The van der Waals surface area contributed by atoms with E-state index in [1.165, 1.54) is 14.0 Å². The third kappa shape index (κ3) is 2.45. The zero-order chi connectivity index (χ0) is 14.0. The molecule has 1 atom stereocenters. The SMILES string of the molecule is COC(=O)C(NC(C)=O)c1c(C)[nH]c2ccccc12. The number of hydrogen-bond acceptors (Lipinski definition) is 3. The van der Waals surface area contributed by atoms with Crippen molar-refractivity contribution in [2.75, 3.05) is 7.11 Å². The third-order valence-corrected chi connectivity index (χ3v) is 3.02. The molecule has 0 spiro atoms. The van der Waals surface area contributed by atoms with Gasteiger partial charge in [0.25, 0.3) is 0 Å². The van der Waals surface area contributed by atoms with Gasteiger partial charge in [0.2, 0.25) is 5.91 Å². The average Bonchev–Trinajstić information content (AvgIpc) is 2.70. The van der Waals surface area contributed by atoms with Crippen LogP contribution in [0, 0.1) is 6.92 Å². The van der Waals surface area contributed by atoms with Gasteiger partial charge in [-0.25, -0.2) is 4.79 Å². The average molecular weight is 260 g/mol. The second-order valence-electron chi connectivity index (χ2n) is 4.37. The summed E-state index contributed by atoms with van der Waals surface area (Å²) in [5.74, 6) is -0.761. The molecule has 0 aliphatic carbocycles. The topological polar surface area (TPSA) is 71.2 Å². The highest BCUT2D eigenvalue weighted by atomic mass is 16.5. The maximum Gasteiger partial charge on any atom is 0.333 e. The van der Waals surface area contributed by atoms with Crippen LogP contribution in [-0.2, 0) is 14.3 Å². The molecular weight excluding hydrogens is 244 g/mol. The summed E-state index contributed by atoms with van der Waals surface area (Å²) in [6, 6.07) is 6.84. The summed E-state index contributed by atoms with van der Waals surface area (Å²) < 4.78 is 4.77. The zero-order valence-corrected chi connectivity index (χ0v) is 11.1. The van der Waals surface area contributed by atoms with Gasteiger partial charge in [-0.15, -0.1) is 0 Å². The van der Waals surface area contributed by atoms with Gasteiger partial charge in [-0.1, -0.05) is 18.2 Å². The van der Waals surface area contributed by atoms with Crippen LogP contribution in [0.15, 0.2) is 24.3 Å². The van der Waals surface area contributed by atoms with Crippen molar-refractivity contribution in [2.24, 2.45) is 0 Å². The number of aromatic nitrogens is 1. The molecule has 1 heterocycles. The molecule has 1 amide bonds. The van der Waals surface area contributed by atoms with Crippen LogP contribution in [0.2, 0.25) is 0 Å². The molecule has 0 radical (unpaired) electrons. The number of esters is 1. The van der Waals surface area contributed by atoms with Crippen molar-refractivity contribution in [1.29, 1.82) is 0 Å². The van der Waals surface area contributed by atoms with Crippen LogP contribution >= 0.6 is 0 Å². The Morgan fingerprint density at radius 1 is 1.32 bits per heavy atom. The first kappa shape index (κ1) is 13.1. The summed E-state index contributed by atoms with van der Waals surface area (Å²) in [5.41, 5.74) is 2.51. The molecule has 1 aromatic heterocycles. The third-order valence-electron chi connectivity index (χ3n) is 3.02. The number of H-pyrrole nitrogens is 1. The smallest absolute Gasteiger partial charge is 0.333 e. The van der Waals surface area contributed by atoms with Gasteiger partial charge in [0.15, 0.2) is 6.04 Å². The molecule has 0 saturated heterocycles. The van der Waals surface area contributed by atoms with Crippen LogP contribution in [0.1, 0.15) is 24.2 Å². The van der Waals surface area contributed by atoms with Gasteiger partial charge in [0.05, 0.1) is 7.11 Å². The molecular formula is C14H16N2O3. The van der Waals surface area contributed by atoms with Gasteiger partial charge < -0.3 is 15.0 Å². The Balaban J connectivity index is 2.58. The zero-order valence-electron chi connectivity index (χ0n) is 11.1. The minimum Gasteiger partial charge on any atom is -0.467 e. The summed E-state index contributed by atoms with van der Waals surface area (Å²) in [6.45, 7) is 3.24. The molecule has 0 aliphatic heterocycles. The molecule has 0 saturated carbocycles. The Labute approximate surface area is 110 Å². The highest BCUT2D eigenvalue weighted by Gasteiger charge is 2.27. The molecule has 19 heavy (non-hydrogen) atoms. The summed E-state index contributed by atoms with van der Waals surface area (Å²) in [5, 5.41) is 3.54. The Morgan fingerprint density at radius 3 is 2.63 bits per heavy atom. The lowest BCUT2D eigenvalue weighted by Crippen LogP contribution is -2.33. The normalized spacial score (nSPS) is 12.2. The molecule has 0 aliphatic rings. The standard InChI is InChI=1S/C14H16N2O3/c1-8-12(10-6-4-5-7-11(10)15-8)13(14(18)19-3)16-9(2)17/h4-7,13,15H,1-3H3,(H,16,17). The number of benzene rings is 1. The molecule has 2 rings (SSSR count). The molecule has 0 fully saturated rings. The number of aromatic amines is 1. The van der Waals surface area contributed by atoms with E-state index in [-0.39, 0.29) is 5.91 Å². The Kier molecular flexibility index (Phi) is 3.55. The predicted octanol–water partition coefficient (Wildman–Crippen LogP) is 1.83. The van der Waals surface area contributed by atoms with Gasteiger partial charge in [-0.05, 0) is 13.0 Å². The number of nitrogens with one attached hydrogen (secondary N) is 2. The van der Waals surface area contributed by atoms with E-state index in [1.54, 1.807) is 0 Å². The molecule has 5 heteroatoms. The van der Waals surface area contributed by atoms with E-state index in [1.807, 2.05) is 31.2 Å². The minimum absolute atomic E-state index is 0.278. The van der Waals surface area contributed by atoms with Crippen LogP contribution in [-0.4, -0.2) is 24.0 Å². The number of carbonyl (C=O) groups is 2. The second-order valence-corrected chi connectivity index (χ2v) is 4.37. The van der Waals surface area contributed by atoms with Crippen molar-refractivity contribution in [3.8, 4) is 0 Å². The van der Waals surface area contributed by atoms with Crippen LogP contribution in [0.5, 0.6) is 0 Å². The van der Waals surface area contributed by atoms with Crippen LogP contribution in [0.3, 0.4) is 0 Å². The van der Waals surface area contributed by atoms with Crippen molar-refractivity contribution in [2.45, 2.75) is 19.9 Å². The fourth-order valence-electron chi connectivity index (χ4n) is 2.24. The first-order valence-electron chi connectivity index (χ1n) is 5.96. The predicted molar refractivity (Wildman–Crippen MR) is 71.6 cm³/mol. The van der Waals surface area contributed by atoms with Crippen LogP contribution in [0.25, 0.3) is 10.9 Å². The summed E-state index contributed by atoms with van der Waals surface area (Å²) in [4.78, 5) is 26.4. The van der Waals surface area contributed by atoms with Gasteiger partial charge >= 0.3 is 5.97 Å². The number of ether oxygens (including phenoxy) is 1. The number of fused-ring (bicyclic) bond motifs is 1. The van der Waals surface area contributed by atoms with E-state index in [0.29, 0.717) is 0 Å². The van der Waals surface area contributed by atoms with Gasteiger partial charge in [-0.3, -0.25) is 4.79 Å². The molecule has 0 bridgehead atoms. The maximum atomic E-state index is 11.9. The van der Waals surface area contributed by atoms with Crippen molar-refractivity contribution in [3.63, 3.8) is 0 Å². The van der Waals surface area contributed by atoms with E-state index in [2.05, 4.69) is 10.3 Å². The summed E-state index contributed by atoms with van der Waals surface area (Å²) in [7, 11) is 1.31. The van der Waals surface area contributed by atoms with Crippen LogP contribution < -0.4 is 5.32 Å². The summed E-state index contributed by atoms with van der Waals surface area (Å²) >= 11 is 0. The Bertz CT molecular complexity index is 631. The van der Waals surface area contributed by atoms with Crippen molar-refractivity contribution < 1.29 is 14.3 Å². The number of hydrogen-bond donors (Lipinski definition) is 2. The minimum atomic E-state index is -0.793. The van der Waals surface area contributed by atoms with Crippen molar-refractivity contribution in [3.05, 3.63) is 35.5 Å². The molecule has 5 nitrogen and oxygen atoms in total. The van der Waals surface area contributed by atoms with E-state index < -0.39 is 12.0 Å². The number of aryl methyl sites for hydroxylation is 1. The van der Waals surface area contributed by atoms with Gasteiger partial charge in [-0.2, -0.15) is 0 Å². The first-order valence-corrected chi connectivity index (χ1v) is 5.96. The molecule has 2 aromatic rings. The Hall–Kier alpha value is -2.30. The van der Waals surface area contributed by atoms with Crippen LogP contribution in [0.4, 0.5) is 0 Å². The van der Waals surface area contributed by atoms with E-state index in [0.717, 1.165) is 22.2 Å². The molecule has 100 valence electrons. The second kappa shape index (κ2) is 5.14. The Morgan fingerprint density at radius 2 is 2.00 bits per heavy atom. The quantitative estimate of drug-likeness (QED) is 0.827.